The fourth-order valence-electron chi connectivity index (χ4n) is 2.09. The molecule has 2 aromatic carbocycles. The van der Waals surface area contributed by atoms with Gasteiger partial charge in [0.15, 0.2) is 11.9 Å². The molecule has 0 aromatic heterocycles. The van der Waals surface area contributed by atoms with Gasteiger partial charge in [-0.15, -0.1) is 0 Å². The van der Waals surface area contributed by atoms with Crippen LogP contribution in [0.1, 0.15) is 34.6 Å². The highest BCUT2D eigenvalue weighted by Crippen LogP contribution is 2.16. The van der Waals surface area contributed by atoms with Gasteiger partial charge in [0, 0.05) is 11.3 Å². The van der Waals surface area contributed by atoms with Crippen molar-refractivity contribution in [3.8, 4) is 5.75 Å². The Labute approximate surface area is 154 Å². The van der Waals surface area contributed by atoms with Crippen LogP contribution in [0.4, 0.5) is 14.5 Å². The van der Waals surface area contributed by atoms with Gasteiger partial charge >= 0.3 is 12.6 Å². The topological polar surface area (TPSA) is 81.7 Å². The lowest BCUT2D eigenvalue weighted by molar-refractivity contribution is -0.123. The molecule has 0 aliphatic carbocycles. The van der Waals surface area contributed by atoms with E-state index in [0.29, 0.717) is 11.3 Å². The van der Waals surface area contributed by atoms with Gasteiger partial charge in [0.1, 0.15) is 5.75 Å². The maximum Gasteiger partial charge on any atom is 0.387 e. The van der Waals surface area contributed by atoms with Crippen LogP contribution in [0, 0.1) is 0 Å². The lowest BCUT2D eigenvalue weighted by Gasteiger charge is -2.14. The van der Waals surface area contributed by atoms with E-state index in [2.05, 4.69) is 10.1 Å². The largest absolute Gasteiger partial charge is 0.449 e. The highest BCUT2D eigenvalue weighted by Gasteiger charge is 2.19. The summed E-state index contributed by atoms with van der Waals surface area (Å²) in [7, 11) is 0. The number of benzene rings is 2. The van der Waals surface area contributed by atoms with Gasteiger partial charge in [0.05, 0.1) is 5.56 Å². The predicted octanol–water partition coefficient (Wildman–Crippen LogP) is 3.67. The van der Waals surface area contributed by atoms with Crippen LogP contribution in [-0.4, -0.2) is 30.4 Å². The molecular formula is C19H17F2NO5. The molecule has 1 atom stereocenters. The number of amides is 1. The molecule has 8 heteroatoms. The van der Waals surface area contributed by atoms with Crippen molar-refractivity contribution in [3.63, 3.8) is 0 Å². The zero-order valence-corrected chi connectivity index (χ0v) is 14.6. The Kier molecular flexibility index (Phi) is 6.59. The summed E-state index contributed by atoms with van der Waals surface area (Å²) in [5, 5.41) is 2.56. The Balaban J connectivity index is 1.92. The van der Waals surface area contributed by atoms with Crippen molar-refractivity contribution in [2.24, 2.45) is 0 Å². The maximum absolute atomic E-state index is 12.1. The molecule has 27 heavy (non-hydrogen) atoms. The smallest absolute Gasteiger partial charge is 0.387 e. The minimum Gasteiger partial charge on any atom is -0.449 e. The molecule has 0 heterocycles. The minimum atomic E-state index is -2.96. The van der Waals surface area contributed by atoms with Gasteiger partial charge in [-0.3, -0.25) is 9.59 Å². The fourth-order valence-corrected chi connectivity index (χ4v) is 2.09. The van der Waals surface area contributed by atoms with E-state index in [9.17, 15) is 23.2 Å². The van der Waals surface area contributed by atoms with Crippen LogP contribution in [0.25, 0.3) is 0 Å². The second-order valence-electron chi connectivity index (χ2n) is 5.57. The molecule has 6 nitrogen and oxygen atoms in total. The number of Topliss-reactive ketones (excluding diaryl/α,β-unsaturated/α-hetero) is 1. The first-order valence-electron chi connectivity index (χ1n) is 7.94. The van der Waals surface area contributed by atoms with E-state index in [1.807, 2.05) is 0 Å². The Morgan fingerprint density at radius 1 is 0.926 bits per heavy atom. The Hall–Kier alpha value is -3.29. The summed E-state index contributed by atoms with van der Waals surface area (Å²) < 4.78 is 33.5. The number of ketones is 1. The molecule has 0 spiro atoms. The quantitative estimate of drug-likeness (QED) is 0.588. The van der Waals surface area contributed by atoms with E-state index in [0.717, 1.165) is 0 Å². The molecule has 2 aromatic rings. The Morgan fingerprint density at radius 3 is 2.00 bits per heavy atom. The molecule has 0 saturated carbocycles. The second-order valence-corrected chi connectivity index (χ2v) is 5.57. The van der Waals surface area contributed by atoms with Gasteiger partial charge in [-0.1, -0.05) is 0 Å². The van der Waals surface area contributed by atoms with E-state index in [-0.39, 0.29) is 17.1 Å². The molecule has 142 valence electrons. The van der Waals surface area contributed by atoms with Crippen LogP contribution in [0.2, 0.25) is 0 Å². The Morgan fingerprint density at radius 2 is 1.48 bits per heavy atom. The van der Waals surface area contributed by atoms with Crippen LogP contribution in [0.3, 0.4) is 0 Å². The molecule has 0 saturated heterocycles. The number of esters is 1. The number of hydrogen-bond acceptors (Lipinski definition) is 5. The average Bonchev–Trinajstić information content (AvgIpc) is 2.62. The molecule has 0 bridgehead atoms. The third-order valence-electron chi connectivity index (χ3n) is 3.53. The summed E-state index contributed by atoms with van der Waals surface area (Å²) in [6.07, 6.45) is -1.10. The summed E-state index contributed by atoms with van der Waals surface area (Å²) in [5.74, 6) is -1.54. The first-order valence-corrected chi connectivity index (χ1v) is 7.94. The predicted molar refractivity (Wildman–Crippen MR) is 93.0 cm³/mol. The molecule has 0 unspecified atom stereocenters. The maximum atomic E-state index is 12.1. The molecular weight excluding hydrogens is 360 g/mol. The van der Waals surface area contributed by atoms with Crippen molar-refractivity contribution in [1.82, 2.24) is 0 Å². The van der Waals surface area contributed by atoms with Crippen LogP contribution in [0.15, 0.2) is 48.5 Å². The van der Waals surface area contributed by atoms with Crippen molar-refractivity contribution in [1.29, 1.82) is 0 Å². The van der Waals surface area contributed by atoms with E-state index < -0.39 is 24.6 Å². The number of carbonyl (C=O) groups is 3. The monoisotopic (exact) mass is 377 g/mol. The zero-order chi connectivity index (χ0) is 20.0. The SMILES string of the molecule is CC(=O)c1ccc(NC(=O)[C@@H](C)OC(=O)c2ccc(OC(F)F)cc2)cc1. The number of rotatable bonds is 7. The van der Waals surface area contributed by atoms with Crippen molar-refractivity contribution >= 4 is 23.3 Å². The molecule has 1 N–H and O–H groups in total. The van der Waals surface area contributed by atoms with Gasteiger partial charge in [0.2, 0.25) is 0 Å². The van der Waals surface area contributed by atoms with Crippen molar-refractivity contribution in [2.45, 2.75) is 26.6 Å². The van der Waals surface area contributed by atoms with Crippen molar-refractivity contribution in [2.75, 3.05) is 5.32 Å². The molecule has 0 aliphatic rings. The lowest BCUT2D eigenvalue weighted by atomic mass is 10.1. The molecule has 2 rings (SSSR count). The molecule has 0 aliphatic heterocycles. The van der Waals surface area contributed by atoms with Gasteiger partial charge in [-0.25, -0.2) is 4.79 Å². The summed E-state index contributed by atoms with van der Waals surface area (Å²) >= 11 is 0. The van der Waals surface area contributed by atoms with E-state index in [4.69, 9.17) is 4.74 Å². The summed E-state index contributed by atoms with van der Waals surface area (Å²) in [6.45, 7) is -0.136. The van der Waals surface area contributed by atoms with Gasteiger partial charge < -0.3 is 14.8 Å². The fraction of sp³-hybridized carbons (Fsp3) is 0.211. The molecule has 1 amide bonds. The standard InChI is InChI=1S/C19H17F2NO5/c1-11(23)13-3-7-15(8-4-13)22-17(24)12(2)26-18(25)14-5-9-16(10-6-14)27-19(20)21/h3-10,12,19H,1-2H3,(H,22,24)/t12-/m1/s1. The van der Waals surface area contributed by atoms with Crippen LogP contribution in [0.5, 0.6) is 5.75 Å². The van der Waals surface area contributed by atoms with Gasteiger partial charge in [0.25, 0.3) is 5.91 Å². The first kappa shape index (κ1) is 20.0. The number of nitrogens with one attached hydrogen (secondary N) is 1. The van der Waals surface area contributed by atoms with E-state index in [1.54, 1.807) is 24.3 Å². The third kappa shape index (κ3) is 5.88. The normalized spacial score (nSPS) is 11.6. The second kappa shape index (κ2) is 8.88. The Bertz CT molecular complexity index is 819. The third-order valence-corrected chi connectivity index (χ3v) is 3.53. The summed E-state index contributed by atoms with van der Waals surface area (Å²) in [5.41, 5.74) is 1.04. The van der Waals surface area contributed by atoms with E-state index >= 15 is 0 Å². The zero-order valence-electron chi connectivity index (χ0n) is 14.6. The number of ether oxygens (including phenoxy) is 2. The summed E-state index contributed by atoms with van der Waals surface area (Å²) in [4.78, 5) is 35.4. The number of carbonyl (C=O) groups excluding carboxylic acids is 3. The van der Waals surface area contributed by atoms with Crippen molar-refractivity contribution < 1.29 is 32.6 Å². The number of halogens is 2. The van der Waals surface area contributed by atoms with Crippen LogP contribution in [-0.2, 0) is 9.53 Å². The highest BCUT2D eigenvalue weighted by atomic mass is 19.3. The minimum absolute atomic E-state index is 0.0853. The first-order chi connectivity index (χ1) is 12.8. The molecule has 0 radical (unpaired) electrons. The van der Waals surface area contributed by atoms with Gasteiger partial charge in [-0.05, 0) is 62.4 Å². The average molecular weight is 377 g/mol. The number of anilines is 1. The number of alkyl halides is 2. The van der Waals surface area contributed by atoms with Crippen LogP contribution < -0.4 is 10.1 Å². The van der Waals surface area contributed by atoms with Crippen molar-refractivity contribution in [3.05, 3.63) is 59.7 Å². The molecule has 0 fully saturated rings. The van der Waals surface area contributed by atoms with Gasteiger partial charge in [-0.2, -0.15) is 8.78 Å². The highest BCUT2D eigenvalue weighted by molar-refractivity contribution is 5.98. The number of hydrogen-bond donors (Lipinski definition) is 1. The van der Waals surface area contributed by atoms with Crippen LogP contribution >= 0.6 is 0 Å². The lowest BCUT2D eigenvalue weighted by Crippen LogP contribution is -2.30. The van der Waals surface area contributed by atoms with E-state index in [1.165, 1.54) is 38.1 Å². The summed E-state index contributed by atoms with van der Waals surface area (Å²) in [6, 6.07) is 11.2.